The number of aromatic amines is 1. The van der Waals surface area contributed by atoms with Crippen LogP contribution in [0, 0.1) is 5.92 Å². The van der Waals surface area contributed by atoms with Crippen molar-refractivity contribution in [1.82, 2.24) is 15.2 Å². The van der Waals surface area contributed by atoms with E-state index >= 15 is 0 Å². The van der Waals surface area contributed by atoms with E-state index < -0.39 is 0 Å². The van der Waals surface area contributed by atoms with E-state index in [4.69, 9.17) is 10.5 Å². The highest BCUT2D eigenvalue weighted by atomic mass is 16.5. The Balaban J connectivity index is 1.99. The number of nitrogens with two attached hydrogens (primary N) is 1. The van der Waals surface area contributed by atoms with E-state index in [0.717, 1.165) is 31.9 Å². The highest BCUT2D eigenvalue weighted by Gasteiger charge is 2.24. The van der Waals surface area contributed by atoms with Crippen molar-refractivity contribution >= 4 is 0 Å². The summed E-state index contributed by atoms with van der Waals surface area (Å²) < 4.78 is 5.36. The zero-order chi connectivity index (χ0) is 9.10. The fourth-order valence-electron chi connectivity index (χ4n) is 1.65. The molecule has 5 nitrogen and oxygen atoms in total. The molecule has 0 amide bonds. The number of H-pyrrole nitrogens is 1. The van der Waals surface area contributed by atoms with Crippen molar-refractivity contribution in [2.24, 2.45) is 11.7 Å². The minimum atomic E-state index is -0.0669. The number of nitrogens with zero attached hydrogens (tertiary/aromatic N) is 2. The van der Waals surface area contributed by atoms with Gasteiger partial charge in [0, 0.05) is 12.5 Å². The Hall–Kier alpha value is -0.940. The van der Waals surface area contributed by atoms with Crippen LogP contribution in [-0.4, -0.2) is 28.4 Å². The number of aromatic nitrogens is 3. The molecule has 1 aromatic heterocycles. The second-order valence-electron chi connectivity index (χ2n) is 3.37. The van der Waals surface area contributed by atoms with E-state index in [1.807, 2.05) is 0 Å². The second kappa shape index (κ2) is 3.85. The maximum Gasteiger partial charge on any atom is 0.141 e. The van der Waals surface area contributed by atoms with Gasteiger partial charge in [0.15, 0.2) is 0 Å². The van der Waals surface area contributed by atoms with E-state index in [9.17, 15) is 0 Å². The minimum absolute atomic E-state index is 0.0669. The first kappa shape index (κ1) is 8.65. The maximum absolute atomic E-state index is 6.00. The van der Waals surface area contributed by atoms with Gasteiger partial charge < -0.3 is 10.5 Å². The summed E-state index contributed by atoms with van der Waals surface area (Å²) >= 11 is 0. The Morgan fingerprint density at radius 1 is 1.69 bits per heavy atom. The van der Waals surface area contributed by atoms with Gasteiger partial charge in [-0.25, -0.2) is 4.98 Å². The van der Waals surface area contributed by atoms with Crippen molar-refractivity contribution in [3.63, 3.8) is 0 Å². The molecule has 0 aromatic carbocycles. The van der Waals surface area contributed by atoms with Crippen LogP contribution >= 0.6 is 0 Å². The molecule has 72 valence electrons. The van der Waals surface area contributed by atoms with Crippen LogP contribution in [0.15, 0.2) is 6.33 Å². The van der Waals surface area contributed by atoms with Gasteiger partial charge >= 0.3 is 0 Å². The summed E-state index contributed by atoms with van der Waals surface area (Å²) in [4.78, 5) is 4.04. The highest BCUT2D eigenvalue weighted by molar-refractivity contribution is 4.93. The van der Waals surface area contributed by atoms with Crippen LogP contribution in [0.5, 0.6) is 0 Å². The summed E-state index contributed by atoms with van der Waals surface area (Å²) in [5.74, 6) is 1.14. The SMILES string of the molecule is NC(c1ncn[nH]1)C1CCCOC1. The minimum Gasteiger partial charge on any atom is -0.381 e. The number of hydrogen-bond donors (Lipinski definition) is 2. The van der Waals surface area contributed by atoms with Crippen LogP contribution in [0.1, 0.15) is 24.7 Å². The molecule has 1 aliphatic heterocycles. The van der Waals surface area contributed by atoms with Crippen molar-refractivity contribution in [2.75, 3.05) is 13.2 Å². The van der Waals surface area contributed by atoms with Gasteiger partial charge in [-0.1, -0.05) is 0 Å². The van der Waals surface area contributed by atoms with Crippen molar-refractivity contribution in [3.8, 4) is 0 Å². The molecule has 0 bridgehead atoms. The van der Waals surface area contributed by atoms with Gasteiger partial charge in [0.25, 0.3) is 0 Å². The fraction of sp³-hybridized carbons (Fsp3) is 0.750. The molecule has 2 heterocycles. The lowest BCUT2D eigenvalue weighted by atomic mass is 9.94. The van der Waals surface area contributed by atoms with Crippen LogP contribution in [0.3, 0.4) is 0 Å². The van der Waals surface area contributed by atoms with Crippen molar-refractivity contribution in [3.05, 3.63) is 12.2 Å². The summed E-state index contributed by atoms with van der Waals surface area (Å²) in [5.41, 5.74) is 6.00. The van der Waals surface area contributed by atoms with Gasteiger partial charge in [-0.2, -0.15) is 5.10 Å². The molecule has 0 radical (unpaired) electrons. The zero-order valence-corrected chi connectivity index (χ0v) is 7.44. The predicted molar refractivity (Wildman–Crippen MR) is 46.9 cm³/mol. The third kappa shape index (κ3) is 1.87. The van der Waals surface area contributed by atoms with Crippen LogP contribution in [0.25, 0.3) is 0 Å². The fourth-order valence-corrected chi connectivity index (χ4v) is 1.65. The molecule has 1 aliphatic rings. The van der Waals surface area contributed by atoms with Crippen molar-refractivity contribution in [1.29, 1.82) is 0 Å². The summed E-state index contributed by atoms with van der Waals surface area (Å²) in [6, 6.07) is -0.0669. The maximum atomic E-state index is 6.00. The summed E-state index contributed by atoms with van der Waals surface area (Å²) in [6.07, 6.45) is 3.69. The Labute approximate surface area is 76.7 Å². The summed E-state index contributed by atoms with van der Waals surface area (Å²) in [5, 5.41) is 6.57. The third-order valence-corrected chi connectivity index (χ3v) is 2.45. The zero-order valence-electron chi connectivity index (χ0n) is 7.44. The van der Waals surface area contributed by atoms with E-state index in [-0.39, 0.29) is 6.04 Å². The first-order valence-corrected chi connectivity index (χ1v) is 4.56. The Morgan fingerprint density at radius 3 is 3.23 bits per heavy atom. The lowest BCUT2D eigenvalue weighted by molar-refractivity contribution is 0.0437. The lowest BCUT2D eigenvalue weighted by Crippen LogP contribution is -2.29. The van der Waals surface area contributed by atoms with E-state index in [1.54, 1.807) is 0 Å². The number of ether oxygens (including phenoxy) is 1. The smallest absolute Gasteiger partial charge is 0.141 e. The van der Waals surface area contributed by atoms with Gasteiger partial charge in [0.1, 0.15) is 12.2 Å². The standard InChI is InChI=1S/C8H14N4O/c9-7(8-10-5-11-12-8)6-2-1-3-13-4-6/h5-7H,1-4,9H2,(H,10,11,12). The normalized spacial score (nSPS) is 25.8. The van der Waals surface area contributed by atoms with Gasteiger partial charge in [0.05, 0.1) is 12.6 Å². The lowest BCUT2D eigenvalue weighted by Gasteiger charge is -2.25. The highest BCUT2D eigenvalue weighted by Crippen LogP contribution is 2.24. The van der Waals surface area contributed by atoms with Gasteiger partial charge in [0.2, 0.25) is 0 Å². The average molecular weight is 182 g/mol. The predicted octanol–water partition coefficient (Wildman–Crippen LogP) is 0.231. The molecule has 0 spiro atoms. The van der Waals surface area contributed by atoms with E-state index in [1.165, 1.54) is 6.33 Å². The molecule has 0 aliphatic carbocycles. The first-order valence-electron chi connectivity index (χ1n) is 4.56. The van der Waals surface area contributed by atoms with E-state index in [0.29, 0.717) is 5.92 Å². The molecular weight excluding hydrogens is 168 g/mol. The van der Waals surface area contributed by atoms with Gasteiger partial charge in [-0.3, -0.25) is 5.10 Å². The molecule has 5 heteroatoms. The Bertz CT molecular complexity index is 243. The molecular formula is C8H14N4O. The first-order chi connectivity index (χ1) is 6.38. The molecule has 1 fully saturated rings. The molecule has 2 unspecified atom stereocenters. The summed E-state index contributed by atoms with van der Waals surface area (Å²) in [7, 11) is 0. The van der Waals surface area contributed by atoms with Crippen molar-refractivity contribution in [2.45, 2.75) is 18.9 Å². The topological polar surface area (TPSA) is 76.8 Å². The number of nitrogens with one attached hydrogen (secondary N) is 1. The van der Waals surface area contributed by atoms with Crippen LogP contribution < -0.4 is 5.73 Å². The Morgan fingerprint density at radius 2 is 2.62 bits per heavy atom. The van der Waals surface area contributed by atoms with Crippen molar-refractivity contribution < 1.29 is 4.74 Å². The van der Waals surface area contributed by atoms with Gasteiger partial charge in [-0.05, 0) is 12.8 Å². The quantitative estimate of drug-likeness (QED) is 0.686. The molecule has 1 aromatic rings. The molecule has 2 rings (SSSR count). The van der Waals surface area contributed by atoms with Gasteiger partial charge in [-0.15, -0.1) is 0 Å². The van der Waals surface area contributed by atoms with Crippen LogP contribution in [0.2, 0.25) is 0 Å². The average Bonchev–Trinajstić information content (AvgIpc) is 2.71. The van der Waals surface area contributed by atoms with E-state index in [2.05, 4.69) is 15.2 Å². The summed E-state index contributed by atoms with van der Waals surface area (Å²) in [6.45, 7) is 1.60. The van der Waals surface area contributed by atoms with Crippen LogP contribution in [0.4, 0.5) is 0 Å². The molecule has 0 saturated carbocycles. The Kier molecular flexibility index (Phi) is 2.56. The second-order valence-corrected chi connectivity index (χ2v) is 3.37. The van der Waals surface area contributed by atoms with Crippen LogP contribution in [-0.2, 0) is 4.74 Å². The third-order valence-electron chi connectivity index (χ3n) is 2.45. The monoisotopic (exact) mass is 182 g/mol. The largest absolute Gasteiger partial charge is 0.381 e. The number of rotatable bonds is 2. The molecule has 2 atom stereocenters. The molecule has 3 N–H and O–H groups in total. The molecule has 13 heavy (non-hydrogen) atoms. The number of hydrogen-bond acceptors (Lipinski definition) is 4. The molecule has 1 saturated heterocycles.